The number of nitrogens with zero attached hydrogens (tertiary/aromatic N) is 3. The van der Waals surface area contributed by atoms with Crippen LogP contribution in [0.4, 0.5) is 10.1 Å². The first-order valence-electron chi connectivity index (χ1n) is 13.5. The summed E-state index contributed by atoms with van der Waals surface area (Å²) in [5.74, 6) is -0.441. The highest BCUT2D eigenvalue weighted by Crippen LogP contribution is 2.41. The van der Waals surface area contributed by atoms with Crippen LogP contribution in [-0.2, 0) is 11.0 Å². The molecule has 2 aliphatic rings. The lowest BCUT2D eigenvalue weighted by atomic mass is 9.89. The maximum atomic E-state index is 13.8. The van der Waals surface area contributed by atoms with Gasteiger partial charge in [-0.1, -0.05) is 60.7 Å². The predicted molar refractivity (Wildman–Crippen MR) is 154 cm³/mol. The van der Waals surface area contributed by atoms with Crippen LogP contribution >= 0.6 is 0 Å². The summed E-state index contributed by atoms with van der Waals surface area (Å²) in [5, 5.41) is 0. The summed E-state index contributed by atoms with van der Waals surface area (Å²) in [6.07, 6.45) is 1.17. The molecule has 9 heteroatoms. The van der Waals surface area contributed by atoms with Crippen molar-refractivity contribution in [2.24, 2.45) is 5.92 Å². The quantitative estimate of drug-likeness (QED) is 0.282. The van der Waals surface area contributed by atoms with Gasteiger partial charge < -0.3 is 9.64 Å². The van der Waals surface area contributed by atoms with Crippen LogP contribution in [0.5, 0.6) is 5.88 Å². The number of hydrogen-bond acceptors (Lipinski definition) is 5. The number of carbonyl (C=O) groups excluding carboxylic acids is 2. The Hall–Kier alpha value is -4.37. The van der Waals surface area contributed by atoms with Gasteiger partial charge in [0.25, 0.3) is 5.91 Å². The summed E-state index contributed by atoms with van der Waals surface area (Å²) in [7, 11) is -1.70. The molecule has 0 saturated carbocycles. The molecule has 1 amide bonds. The number of hydrogen-bond donors (Lipinski definition) is 0. The van der Waals surface area contributed by atoms with E-state index in [4.69, 9.17) is 4.74 Å². The minimum atomic E-state index is -1.70. The Kier molecular flexibility index (Phi) is 7.61. The lowest BCUT2D eigenvalue weighted by Gasteiger charge is -2.37. The molecule has 6 rings (SSSR count). The number of carbonyl (C=O) groups is 2. The van der Waals surface area contributed by atoms with Crippen molar-refractivity contribution in [2.75, 3.05) is 24.0 Å². The SMILES string of the molecule is O=C(c1ccccc1)C1CCN(C(=O)c2ccc3c(n2)OCC(c2ccccc2)N3S(=O)c2ccc(F)cc2)CC1. The normalized spacial score (nSPS) is 17.8. The summed E-state index contributed by atoms with van der Waals surface area (Å²) in [5.41, 5.74) is 2.31. The van der Waals surface area contributed by atoms with Crippen LogP contribution in [0.1, 0.15) is 45.3 Å². The highest BCUT2D eigenvalue weighted by atomic mass is 32.2. The van der Waals surface area contributed by atoms with E-state index in [0.717, 1.165) is 5.56 Å². The van der Waals surface area contributed by atoms with Crippen LogP contribution in [0.3, 0.4) is 0 Å². The van der Waals surface area contributed by atoms with Crippen molar-refractivity contribution in [2.45, 2.75) is 23.8 Å². The van der Waals surface area contributed by atoms with Crippen molar-refractivity contribution in [3.63, 3.8) is 0 Å². The maximum Gasteiger partial charge on any atom is 0.272 e. The van der Waals surface area contributed by atoms with E-state index in [1.165, 1.54) is 24.3 Å². The highest BCUT2D eigenvalue weighted by Gasteiger charge is 2.36. The number of ether oxygens (including phenoxy) is 1. The summed E-state index contributed by atoms with van der Waals surface area (Å²) in [4.78, 5) is 33.0. The van der Waals surface area contributed by atoms with Crippen molar-refractivity contribution in [1.29, 1.82) is 0 Å². The lowest BCUT2D eigenvalue weighted by Crippen LogP contribution is -2.41. The van der Waals surface area contributed by atoms with E-state index < -0.39 is 16.8 Å². The van der Waals surface area contributed by atoms with Crippen LogP contribution in [0, 0.1) is 11.7 Å². The third-order valence-corrected chi connectivity index (χ3v) is 9.03. The van der Waals surface area contributed by atoms with Gasteiger partial charge in [0.15, 0.2) is 16.8 Å². The molecule has 3 heterocycles. The standard InChI is InChI=1S/C32H28FN3O4S/c33-25-11-13-26(14-12-25)41(39)36-28-16-15-27(34-31(28)40-21-29(36)22-7-3-1-4-8-22)32(38)35-19-17-24(18-20-35)30(37)23-9-5-2-6-10-23/h1-16,24,29H,17-21H2. The van der Waals surface area contributed by atoms with E-state index in [2.05, 4.69) is 4.98 Å². The fourth-order valence-electron chi connectivity index (χ4n) is 5.34. The van der Waals surface area contributed by atoms with Gasteiger partial charge in [-0.25, -0.2) is 13.6 Å². The van der Waals surface area contributed by atoms with E-state index in [-0.39, 0.29) is 41.8 Å². The molecular weight excluding hydrogens is 541 g/mol. The Balaban J connectivity index is 1.23. The van der Waals surface area contributed by atoms with E-state index >= 15 is 0 Å². The summed E-state index contributed by atoms with van der Waals surface area (Å²) in [6, 6.07) is 27.3. The molecule has 0 spiro atoms. The Bertz CT molecular complexity index is 1580. The van der Waals surface area contributed by atoms with Crippen LogP contribution < -0.4 is 9.04 Å². The lowest BCUT2D eigenvalue weighted by molar-refractivity contribution is 0.0644. The third-order valence-electron chi connectivity index (χ3n) is 7.55. The number of amides is 1. The molecule has 0 N–H and O–H groups in total. The molecular formula is C32H28FN3O4S. The topological polar surface area (TPSA) is 79.8 Å². The van der Waals surface area contributed by atoms with Crippen molar-refractivity contribution in [1.82, 2.24) is 9.88 Å². The predicted octanol–water partition coefficient (Wildman–Crippen LogP) is 5.62. The van der Waals surface area contributed by atoms with Gasteiger partial charge in [0.05, 0.1) is 4.90 Å². The fourth-order valence-corrected chi connectivity index (χ4v) is 6.67. The van der Waals surface area contributed by atoms with Gasteiger partial charge in [-0.2, -0.15) is 0 Å². The molecule has 0 radical (unpaired) electrons. The van der Waals surface area contributed by atoms with Crippen molar-refractivity contribution in [3.8, 4) is 5.88 Å². The van der Waals surface area contributed by atoms with Gasteiger partial charge in [-0.15, -0.1) is 0 Å². The van der Waals surface area contributed by atoms with Crippen molar-refractivity contribution in [3.05, 3.63) is 120 Å². The second kappa shape index (κ2) is 11.6. The average Bonchev–Trinajstić information content (AvgIpc) is 3.04. The molecule has 2 unspecified atom stereocenters. The zero-order valence-electron chi connectivity index (χ0n) is 22.2. The van der Waals surface area contributed by atoms with Crippen LogP contribution in [0.15, 0.2) is 102 Å². The molecule has 0 bridgehead atoms. The van der Waals surface area contributed by atoms with Crippen LogP contribution in [0.2, 0.25) is 0 Å². The number of anilines is 1. The number of Topliss-reactive ketones (excluding diaryl/α,β-unsaturated/α-hetero) is 1. The van der Waals surface area contributed by atoms with Gasteiger partial charge in [0, 0.05) is 24.6 Å². The highest BCUT2D eigenvalue weighted by molar-refractivity contribution is 7.86. The third kappa shape index (κ3) is 5.50. The minimum absolute atomic E-state index is 0.111. The zero-order valence-corrected chi connectivity index (χ0v) is 23.0. The average molecular weight is 570 g/mol. The fraction of sp³-hybridized carbons (Fsp3) is 0.219. The number of aromatic nitrogens is 1. The molecule has 2 atom stereocenters. The number of benzene rings is 3. The Morgan fingerprint density at radius 2 is 1.51 bits per heavy atom. The van der Waals surface area contributed by atoms with Gasteiger partial charge in [0.2, 0.25) is 5.88 Å². The van der Waals surface area contributed by atoms with E-state index in [9.17, 15) is 18.2 Å². The number of likely N-dealkylation sites (tertiary alicyclic amines) is 1. The summed E-state index contributed by atoms with van der Waals surface area (Å²) in [6.45, 7) is 1.08. The van der Waals surface area contributed by atoms with Gasteiger partial charge in [-0.3, -0.25) is 13.9 Å². The second-order valence-corrected chi connectivity index (χ2v) is 11.4. The molecule has 1 saturated heterocycles. The molecule has 7 nitrogen and oxygen atoms in total. The number of piperidine rings is 1. The van der Waals surface area contributed by atoms with E-state index in [1.807, 2.05) is 60.7 Å². The number of fused-ring (bicyclic) bond motifs is 1. The van der Waals surface area contributed by atoms with E-state index in [1.54, 1.807) is 21.3 Å². The first-order chi connectivity index (χ1) is 20.0. The molecule has 41 heavy (non-hydrogen) atoms. The Morgan fingerprint density at radius 3 is 2.20 bits per heavy atom. The second-order valence-electron chi connectivity index (χ2n) is 10.1. The molecule has 208 valence electrons. The smallest absolute Gasteiger partial charge is 0.272 e. The van der Waals surface area contributed by atoms with Crippen molar-refractivity contribution >= 4 is 28.4 Å². The molecule has 3 aromatic carbocycles. The summed E-state index contributed by atoms with van der Waals surface area (Å²) >= 11 is 0. The largest absolute Gasteiger partial charge is 0.474 e. The molecule has 4 aromatic rings. The molecule has 2 aliphatic heterocycles. The molecule has 1 aromatic heterocycles. The number of pyridine rings is 1. The van der Waals surface area contributed by atoms with Gasteiger partial charge >= 0.3 is 0 Å². The van der Waals surface area contributed by atoms with Crippen molar-refractivity contribution < 1.29 is 22.9 Å². The molecule has 1 fully saturated rings. The van der Waals surface area contributed by atoms with Gasteiger partial charge in [-0.05, 0) is 54.8 Å². The van der Waals surface area contributed by atoms with E-state index in [0.29, 0.717) is 42.1 Å². The maximum absolute atomic E-state index is 13.8. The number of halogens is 1. The van der Waals surface area contributed by atoms with Crippen LogP contribution in [-0.4, -0.2) is 45.5 Å². The number of rotatable bonds is 6. The minimum Gasteiger partial charge on any atom is -0.474 e. The first-order valence-corrected chi connectivity index (χ1v) is 14.6. The monoisotopic (exact) mass is 569 g/mol. The number of ketones is 1. The first kappa shape index (κ1) is 26.8. The molecule has 0 aliphatic carbocycles. The Morgan fingerprint density at radius 1 is 0.854 bits per heavy atom. The summed E-state index contributed by atoms with van der Waals surface area (Å²) < 4.78 is 35.2. The van der Waals surface area contributed by atoms with Gasteiger partial charge in [0.1, 0.15) is 29.8 Å². The zero-order chi connectivity index (χ0) is 28.3. The van der Waals surface area contributed by atoms with Crippen LogP contribution in [0.25, 0.3) is 0 Å². The Labute approximate surface area is 240 Å².